The van der Waals surface area contributed by atoms with Crippen molar-refractivity contribution in [1.82, 2.24) is 10.3 Å². The Kier molecular flexibility index (Phi) is 6.09. The molecule has 4 rings (SSSR count). The monoisotopic (exact) mass is 429 g/mol. The predicted octanol–water partition coefficient (Wildman–Crippen LogP) is 5.75. The molecule has 1 heterocycles. The molecule has 5 nitrogen and oxygen atoms in total. The van der Waals surface area contributed by atoms with Gasteiger partial charge in [0.1, 0.15) is 5.52 Å². The van der Waals surface area contributed by atoms with Gasteiger partial charge in [0, 0.05) is 16.8 Å². The Bertz CT molecular complexity index is 1230. The number of hydrogen-bond acceptors (Lipinski definition) is 4. The highest BCUT2D eigenvalue weighted by atomic mass is 32.1. The third-order valence-corrected chi connectivity index (χ3v) is 5.31. The van der Waals surface area contributed by atoms with Crippen molar-refractivity contribution in [2.45, 2.75) is 26.7 Å². The standard InChI is InChI=1S/C25H23N3O2S/c1-3-16-5-8-18(9-6-16)23(29)28-25(31)26-20-12-10-19(11-13-20)24-27-21-15-17(4-2)7-14-22(21)30-24/h5-15H,3-4H2,1-2H3,(H2,26,28,29,31). The van der Waals surface area contributed by atoms with Gasteiger partial charge in [0.25, 0.3) is 5.91 Å². The first kappa shape index (κ1) is 20.8. The minimum absolute atomic E-state index is 0.241. The topological polar surface area (TPSA) is 67.2 Å². The predicted molar refractivity (Wildman–Crippen MR) is 128 cm³/mol. The highest BCUT2D eigenvalue weighted by Gasteiger charge is 2.10. The molecule has 156 valence electrons. The first-order valence-electron chi connectivity index (χ1n) is 10.3. The Morgan fingerprint density at radius 2 is 1.61 bits per heavy atom. The minimum atomic E-state index is -0.241. The van der Waals surface area contributed by atoms with Crippen molar-refractivity contribution in [1.29, 1.82) is 0 Å². The van der Waals surface area contributed by atoms with E-state index in [0.717, 1.165) is 35.2 Å². The van der Waals surface area contributed by atoms with Gasteiger partial charge < -0.3 is 9.73 Å². The van der Waals surface area contributed by atoms with E-state index < -0.39 is 0 Å². The number of carbonyl (C=O) groups is 1. The highest BCUT2D eigenvalue weighted by molar-refractivity contribution is 7.80. The average Bonchev–Trinajstić information content (AvgIpc) is 3.22. The Labute approximate surface area is 186 Å². The number of hydrogen-bond donors (Lipinski definition) is 2. The van der Waals surface area contributed by atoms with Crippen LogP contribution in [0.25, 0.3) is 22.6 Å². The second-order valence-electron chi connectivity index (χ2n) is 7.21. The van der Waals surface area contributed by atoms with Gasteiger partial charge in [0.15, 0.2) is 10.7 Å². The number of aryl methyl sites for hydroxylation is 2. The second-order valence-corrected chi connectivity index (χ2v) is 7.62. The molecule has 0 unspecified atom stereocenters. The summed E-state index contributed by atoms with van der Waals surface area (Å²) in [5.74, 6) is 0.330. The van der Waals surface area contributed by atoms with Crippen molar-refractivity contribution < 1.29 is 9.21 Å². The molecule has 6 heteroatoms. The van der Waals surface area contributed by atoms with E-state index in [1.165, 1.54) is 11.1 Å². The lowest BCUT2D eigenvalue weighted by Crippen LogP contribution is -2.34. The van der Waals surface area contributed by atoms with E-state index in [2.05, 4.69) is 41.6 Å². The molecule has 0 saturated heterocycles. The molecule has 0 bridgehead atoms. The third-order valence-electron chi connectivity index (χ3n) is 5.10. The Balaban J connectivity index is 1.41. The van der Waals surface area contributed by atoms with Crippen LogP contribution in [0.4, 0.5) is 5.69 Å². The molecule has 0 aliphatic heterocycles. The van der Waals surface area contributed by atoms with Crippen LogP contribution in [-0.4, -0.2) is 16.0 Å². The number of anilines is 1. The molecule has 4 aromatic rings. The summed E-state index contributed by atoms with van der Waals surface area (Å²) in [4.78, 5) is 17.0. The van der Waals surface area contributed by atoms with Crippen LogP contribution < -0.4 is 10.6 Å². The van der Waals surface area contributed by atoms with Gasteiger partial charge in [0.05, 0.1) is 0 Å². The number of thiocarbonyl (C=S) groups is 1. The van der Waals surface area contributed by atoms with Crippen LogP contribution in [-0.2, 0) is 12.8 Å². The Morgan fingerprint density at radius 1 is 0.935 bits per heavy atom. The molecule has 0 aliphatic carbocycles. The number of amides is 1. The molecule has 2 N–H and O–H groups in total. The van der Waals surface area contributed by atoms with E-state index in [4.69, 9.17) is 16.6 Å². The number of aromatic nitrogens is 1. The van der Waals surface area contributed by atoms with Gasteiger partial charge in [-0.25, -0.2) is 4.98 Å². The van der Waals surface area contributed by atoms with Crippen molar-refractivity contribution in [3.63, 3.8) is 0 Å². The van der Waals surface area contributed by atoms with Gasteiger partial charge >= 0.3 is 0 Å². The van der Waals surface area contributed by atoms with Gasteiger partial charge in [-0.15, -0.1) is 0 Å². The number of oxazole rings is 1. The van der Waals surface area contributed by atoms with Gasteiger partial charge in [-0.1, -0.05) is 32.0 Å². The number of benzene rings is 3. The van der Waals surface area contributed by atoms with Crippen LogP contribution in [0.5, 0.6) is 0 Å². The molecule has 31 heavy (non-hydrogen) atoms. The van der Waals surface area contributed by atoms with E-state index in [1.54, 1.807) is 12.1 Å². The van der Waals surface area contributed by atoms with Crippen LogP contribution in [0.2, 0.25) is 0 Å². The zero-order valence-electron chi connectivity index (χ0n) is 17.4. The molecule has 0 atom stereocenters. The summed E-state index contributed by atoms with van der Waals surface area (Å²) < 4.78 is 5.88. The lowest BCUT2D eigenvalue weighted by molar-refractivity contribution is 0.0977. The fraction of sp³-hybridized carbons (Fsp3) is 0.160. The third kappa shape index (κ3) is 4.81. The minimum Gasteiger partial charge on any atom is -0.436 e. The fourth-order valence-corrected chi connectivity index (χ4v) is 3.45. The van der Waals surface area contributed by atoms with Crippen molar-refractivity contribution in [3.05, 3.63) is 83.4 Å². The molecule has 0 aliphatic rings. The number of nitrogens with zero attached hydrogens (tertiary/aromatic N) is 1. The zero-order chi connectivity index (χ0) is 21.8. The molecule has 3 aromatic carbocycles. The molecular weight excluding hydrogens is 406 g/mol. The molecular formula is C25H23N3O2S. The maximum absolute atomic E-state index is 12.4. The van der Waals surface area contributed by atoms with E-state index in [9.17, 15) is 4.79 Å². The molecule has 0 radical (unpaired) electrons. The maximum atomic E-state index is 12.4. The molecule has 1 aromatic heterocycles. The number of carbonyl (C=O) groups excluding carboxylic acids is 1. The number of rotatable bonds is 5. The summed E-state index contributed by atoms with van der Waals surface area (Å²) in [6, 6.07) is 21.1. The van der Waals surface area contributed by atoms with Crippen molar-refractivity contribution in [2.75, 3.05) is 5.32 Å². The lowest BCUT2D eigenvalue weighted by Gasteiger charge is -2.10. The van der Waals surface area contributed by atoms with E-state index in [1.807, 2.05) is 42.5 Å². The smallest absolute Gasteiger partial charge is 0.257 e. The summed E-state index contributed by atoms with van der Waals surface area (Å²) in [5, 5.41) is 5.98. The van der Waals surface area contributed by atoms with Crippen molar-refractivity contribution in [3.8, 4) is 11.5 Å². The van der Waals surface area contributed by atoms with Gasteiger partial charge in [0.2, 0.25) is 5.89 Å². The normalized spacial score (nSPS) is 10.8. The molecule has 1 amide bonds. The van der Waals surface area contributed by atoms with Crippen LogP contribution in [0.15, 0.2) is 71.1 Å². The van der Waals surface area contributed by atoms with Crippen LogP contribution in [0, 0.1) is 0 Å². The van der Waals surface area contributed by atoms with Crippen LogP contribution >= 0.6 is 12.2 Å². The van der Waals surface area contributed by atoms with E-state index >= 15 is 0 Å². The summed E-state index contributed by atoms with van der Waals surface area (Å²) >= 11 is 5.28. The van der Waals surface area contributed by atoms with Gasteiger partial charge in [-0.05, 0) is 84.7 Å². The SMILES string of the molecule is CCc1ccc(C(=O)NC(=S)Nc2ccc(-c3nc4cc(CC)ccc4o3)cc2)cc1. The number of fused-ring (bicyclic) bond motifs is 1. The molecule has 0 spiro atoms. The van der Waals surface area contributed by atoms with Crippen molar-refractivity contribution in [2.24, 2.45) is 0 Å². The molecule has 0 fully saturated rings. The van der Waals surface area contributed by atoms with Crippen molar-refractivity contribution >= 4 is 40.0 Å². The zero-order valence-corrected chi connectivity index (χ0v) is 18.3. The maximum Gasteiger partial charge on any atom is 0.257 e. The quantitative estimate of drug-likeness (QED) is 0.396. The van der Waals surface area contributed by atoms with Crippen LogP contribution in [0.3, 0.4) is 0 Å². The van der Waals surface area contributed by atoms with E-state index in [-0.39, 0.29) is 11.0 Å². The Morgan fingerprint density at radius 3 is 2.29 bits per heavy atom. The Hall–Kier alpha value is -3.51. The first-order valence-corrected chi connectivity index (χ1v) is 10.7. The van der Waals surface area contributed by atoms with Crippen LogP contribution in [0.1, 0.15) is 35.3 Å². The van der Waals surface area contributed by atoms with Gasteiger partial charge in [-0.3, -0.25) is 10.1 Å². The lowest BCUT2D eigenvalue weighted by atomic mass is 10.1. The largest absolute Gasteiger partial charge is 0.436 e. The highest BCUT2D eigenvalue weighted by Crippen LogP contribution is 2.26. The summed E-state index contributed by atoms with van der Waals surface area (Å²) in [5.41, 5.74) is 6.23. The fourth-order valence-electron chi connectivity index (χ4n) is 3.24. The average molecular weight is 430 g/mol. The van der Waals surface area contributed by atoms with E-state index in [0.29, 0.717) is 11.5 Å². The van der Waals surface area contributed by atoms with Gasteiger partial charge in [-0.2, -0.15) is 0 Å². The number of nitrogens with one attached hydrogen (secondary N) is 2. The molecule has 0 saturated carbocycles. The first-order chi connectivity index (χ1) is 15.1. The summed E-state index contributed by atoms with van der Waals surface area (Å²) in [7, 11) is 0. The summed E-state index contributed by atoms with van der Waals surface area (Å²) in [6.45, 7) is 4.19. The second kappa shape index (κ2) is 9.10. The summed E-state index contributed by atoms with van der Waals surface area (Å²) in [6.07, 6.45) is 1.89.